The highest BCUT2D eigenvalue weighted by atomic mass is 79.9. The van der Waals surface area contributed by atoms with E-state index in [1.54, 1.807) is 24.4 Å². The average molecular weight is 411 g/mol. The Labute approximate surface area is 153 Å². The van der Waals surface area contributed by atoms with Crippen LogP contribution in [0.15, 0.2) is 41.0 Å². The normalized spacial score (nSPS) is 15.9. The summed E-state index contributed by atoms with van der Waals surface area (Å²) < 4.78 is 0.771. The van der Waals surface area contributed by atoms with Crippen LogP contribution in [-0.4, -0.2) is 16.8 Å². The van der Waals surface area contributed by atoms with Crippen molar-refractivity contribution in [1.29, 1.82) is 0 Å². The molecule has 3 rings (SSSR count). The van der Waals surface area contributed by atoms with Gasteiger partial charge in [0.2, 0.25) is 5.91 Å². The molecule has 24 heavy (non-hydrogen) atoms. The van der Waals surface area contributed by atoms with Gasteiger partial charge in [-0.1, -0.05) is 36.6 Å². The van der Waals surface area contributed by atoms with Gasteiger partial charge in [-0.05, 0) is 52.5 Å². The summed E-state index contributed by atoms with van der Waals surface area (Å²) in [4.78, 5) is 27.7. The molecule has 1 aromatic carbocycles. The zero-order valence-corrected chi connectivity index (χ0v) is 15.2. The van der Waals surface area contributed by atoms with E-state index >= 15 is 0 Å². The van der Waals surface area contributed by atoms with Crippen molar-refractivity contribution in [2.45, 2.75) is 31.1 Å². The van der Waals surface area contributed by atoms with Gasteiger partial charge in [-0.2, -0.15) is 0 Å². The third-order valence-corrected chi connectivity index (χ3v) is 5.18. The van der Waals surface area contributed by atoms with E-state index in [0.717, 1.165) is 35.7 Å². The van der Waals surface area contributed by atoms with Crippen molar-refractivity contribution < 1.29 is 9.59 Å². The first-order chi connectivity index (χ1) is 11.5. The van der Waals surface area contributed by atoms with Gasteiger partial charge in [0.05, 0.1) is 5.41 Å². The summed E-state index contributed by atoms with van der Waals surface area (Å²) in [6.07, 6.45) is 5.12. The predicted octanol–water partition coefficient (Wildman–Crippen LogP) is 3.70. The fraction of sp³-hybridized carbons (Fsp3) is 0.294. The van der Waals surface area contributed by atoms with Crippen molar-refractivity contribution >= 4 is 39.3 Å². The number of aromatic nitrogens is 1. The van der Waals surface area contributed by atoms with E-state index in [9.17, 15) is 9.59 Å². The second-order valence-corrected chi connectivity index (χ2v) is 7.29. The molecule has 1 heterocycles. The summed E-state index contributed by atoms with van der Waals surface area (Å²) in [5.41, 5.74) is 5.74. The average Bonchev–Trinajstić information content (AvgIpc) is 3.23. The minimum absolute atomic E-state index is 0.193. The van der Waals surface area contributed by atoms with Crippen molar-refractivity contribution in [3.05, 3.63) is 57.3 Å². The number of hydrogen-bond donors (Lipinski definition) is 3. The first kappa shape index (κ1) is 17.0. The Balaban J connectivity index is 1.73. The number of amides is 2. The third-order valence-electron chi connectivity index (χ3n) is 4.47. The fourth-order valence-electron chi connectivity index (χ4n) is 3.19. The van der Waals surface area contributed by atoms with E-state index in [1.165, 1.54) is 0 Å². The number of carbonyl (C=O) groups is 2. The van der Waals surface area contributed by atoms with E-state index in [0.29, 0.717) is 10.7 Å². The highest BCUT2D eigenvalue weighted by molar-refractivity contribution is 9.10. The van der Waals surface area contributed by atoms with E-state index in [4.69, 9.17) is 11.6 Å². The maximum atomic E-state index is 12.8. The highest BCUT2D eigenvalue weighted by Crippen LogP contribution is 2.41. The molecule has 126 valence electrons. The van der Waals surface area contributed by atoms with Gasteiger partial charge < -0.3 is 4.98 Å². The third kappa shape index (κ3) is 3.35. The fourth-order valence-corrected chi connectivity index (χ4v) is 3.66. The van der Waals surface area contributed by atoms with Crippen LogP contribution in [0.1, 0.15) is 41.7 Å². The molecule has 7 heteroatoms. The van der Waals surface area contributed by atoms with Crippen molar-refractivity contribution in [1.82, 2.24) is 15.8 Å². The van der Waals surface area contributed by atoms with Crippen molar-refractivity contribution in [2.75, 3.05) is 0 Å². The molecule has 0 aliphatic heterocycles. The Morgan fingerprint density at radius 3 is 2.38 bits per heavy atom. The molecular weight excluding hydrogens is 394 g/mol. The highest BCUT2D eigenvalue weighted by Gasteiger charge is 2.42. The molecule has 2 aromatic rings. The Morgan fingerprint density at radius 2 is 1.79 bits per heavy atom. The van der Waals surface area contributed by atoms with Crippen LogP contribution in [0.4, 0.5) is 0 Å². The Hall–Kier alpha value is -1.79. The molecule has 0 bridgehead atoms. The van der Waals surface area contributed by atoms with Crippen LogP contribution >= 0.6 is 27.5 Å². The number of benzene rings is 1. The van der Waals surface area contributed by atoms with Gasteiger partial charge in [0, 0.05) is 15.7 Å². The number of hydrogen-bond acceptors (Lipinski definition) is 2. The minimum atomic E-state index is -0.617. The lowest BCUT2D eigenvalue weighted by atomic mass is 9.78. The number of aromatic amines is 1. The Bertz CT molecular complexity index is 751. The molecule has 2 amide bonds. The first-order valence-electron chi connectivity index (χ1n) is 7.72. The predicted molar refractivity (Wildman–Crippen MR) is 95.7 cm³/mol. The van der Waals surface area contributed by atoms with E-state index in [1.807, 2.05) is 12.1 Å². The minimum Gasteiger partial charge on any atom is -0.356 e. The van der Waals surface area contributed by atoms with E-state index < -0.39 is 11.3 Å². The van der Waals surface area contributed by atoms with Gasteiger partial charge in [-0.25, -0.2) is 0 Å². The lowest BCUT2D eigenvalue weighted by Crippen LogP contribution is -2.50. The SMILES string of the molecule is O=C(NNC(=O)C1(c2ccc(Cl)cc2)CCCC1)c1cc(Br)c[nH]1. The lowest BCUT2D eigenvalue weighted by Gasteiger charge is -2.28. The van der Waals surface area contributed by atoms with Crippen LogP contribution in [0.5, 0.6) is 0 Å². The monoisotopic (exact) mass is 409 g/mol. The van der Waals surface area contributed by atoms with E-state index in [2.05, 4.69) is 31.8 Å². The molecule has 0 radical (unpaired) electrons. The summed E-state index contributed by atoms with van der Waals surface area (Å²) in [7, 11) is 0. The van der Waals surface area contributed by atoms with Crippen LogP contribution in [0.3, 0.4) is 0 Å². The van der Waals surface area contributed by atoms with Crippen LogP contribution in [0.2, 0.25) is 5.02 Å². The molecule has 1 aliphatic carbocycles. The standard InChI is InChI=1S/C17H17BrClN3O2/c18-12-9-14(20-10-12)15(23)21-22-16(24)17(7-1-2-8-17)11-3-5-13(19)6-4-11/h3-6,9-10,20H,1-2,7-8H2,(H,21,23)(H,22,24). The van der Waals surface area contributed by atoms with Crippen LogP contribution in [0.25, 0.3) is 0 Å². The second kappa shape index (κ2) is 6.99. The number of rotatable bonds is 3. The van der Waals surface area contributed by atoms with Crippen LogP contribution in [0, 0.1) is 0 Å². The van der Waals surface area contributed by atoms with Gasteiger partial charge in [-0.15, -0.1) is 0 Å². The van der Waals surface area contributed by atoms with E-state index in [-0.39, 0.29) is 5.91 Å². The van der Waals surface area contributed by atoms with Crippen molar-refractivity contribution in [3.8, 4) is 0 Å². The molecule has 1 fully saturated rings. The Kier molecular flexibility index (Phi) is 4.96. The van der Waals surface area contributed by atoms with Gasteiger partial charge in [0.25, 0.3) is 5.91 Å². The number of halogens is 2. The number of H-pyrrole nitrogens is 1. The largest absolute Gasteiger partial charge is 0.356 e. The van der Waals surface area contributed by atoms with Crippen LogP contribution < -0.4 is 10.9 Å². The summed E-state index contributed by atoms with van der Waals surface area (Å²) in [5.74, 6) is -0.584. The van der Waals surface area contributed by atoms with Crippen molar-refractivity contribution in [3.63, 3.8) is 0 Å². The molecule has 3 N–H and O–H groups in total. The van der Waals surface area contributed by atoms with Gasteiger partial charge in [-0.3, -0.25) is 20.4 Å². The molecule has 1 aliphatic rings. The topological polar surface area (TPSA) is 74.0 Å². The van der Waals surface area contributed by atoms with Crippen LogP contribution in [-0.2, 0) is 10.2 Å². The molecular formula is C17H17BrClN3O2. The maximum absolute atomic E-state index is 12.8. The summed E-state index contributed by atoms with van der Waals surface area (Å²) in [5, 5.41) is 0.637. The zero-order chi connectivity index (χ0) is 17.2. The smallest absolute Gasteiger partial charge is 0.286 e. The first-order valence-corrected chi connectivity index (χ1v) is 8.89. The molecule has 1 saturated carbocycles. The molecule has 1 aromatic heterocycles. The van der Waals surface area contributed by atoms with Crippen molar-refractivity contribution in [2.24, 2.45) is 0 Å². The quantitative estimate of drug-likeness (QED) is 0.675. The number of nitrogens with one attached hydrogen (secondary N) is 3. The van der Waals surface area contributed by atoms with Gasteiger partial charge in [0.1, 0.15) is 5.69 Å². The summed E-state index contributed by atoms with van der Waals surface area (Å²) in [6, 6.07) is 9.00. The molecule has 0 unspecified atom stereocenters. The second-order valence-electron chi connectivity index (χ2n) is 5.94. The lowest BCUT2D eigenvalue weighted by molar-refractivity contribution is -0.127. The number of hydrazine groups is 1. The van der Waals surface area contributed by atoms with Gasteiger partial charge >= 0.3 is 0 Å². The number of carbonyl (C=O) groups excluding carboxylic acids is 2. The zero-order valence-electron chi connectivity index (χ0n) is 12.9. The molecule has 0 spiro atoms. The molecule has 0 saturated heterocycles. The summed E-state index contributed by atoms with van der Waals surface area (Å²) >= 11 is 9.22. The molecule has 5 nitrogen and oxygen atoms in total. The summed E-state index contributed by atoms with van der Waals surface area (Å²) in [6.45, 7) is 0. The van der Waals surface area contributed by atoms with Gasteiger partial charge in [0.15, 0.2) is 0 Å². The molecule has 0 atom stereocenters. The maximum Gasteiger partial charge on any atom is 0.286 e. The Morgan fingerprint density at radius 1 is 1.12 bits per heavy atom.